The van der Waals surface area contributed by atoms with E-state index in [1.165, 1.54) is 37.3 Å². The Morgan fingerprint density at radius 1 is 1.23 bits per heavy atom. The van der Waals surface area contributed by atoms with Gasteiger partial charge in [-0.15, -0.1) is 0 Å². The number of benzene rings is 2. The number of carbonyl (C=O) groups is 1. The number of Topliss-reactive ketones (excluding diaryl/α,β-unsaturated/α-hetero) is 1. The van der Waals surface area contributed by atoms with Crippen LogP contribution in [0.3, 0.4) is 0 Å². The molecule has 31 heavy (non-hydrogen) atoms. The lowest BCUT2D eigenvalue weighted by molar-refractivity contribution is -0.119. The molecule has 2 aliphatic rings. The minimum absolute atomic E-state index is 0.000292. The Morgan fingerprint density at radius 3 is 2.61 bits per heavy atom. The number of aryl methyl sites for hydroxylation is 1. The van der Waals surface area contributed by atoms with E-state index in [0.717, 1.165) is 0 Å². The first-order chi connectivity index (χ1) is 14.7. The molecule has 0 bridgehead atoms. The molecule has 166 valence electrons. The molecule has 5 nitrogen and oxygen atoms in total. The van der Waals surface area contributed by atoms with E-state index in [-0.39, 0.29) is 42.5 Å². The molecule has 0 spiro atoms. The zero-order chi connectivity index (χ0) is 22.4. The highest BCUT2D eigenvalue weighted by molar-refractivity contribution is 7.92. The lowest BCUT2D eigenvalue weighted by atomic mass is 9.73. The number of rotatable bonds is 5. The van der Waals surface area contributed by atoms with E-state index in [1.807, 2.05) is 0 Å². The highest BCUT2D eigenvalue weighted by Gasteiger charge is 2.60. The second-order valence-corrected chi connectivity index (χ2v) is 10.9. The summed E-state index contributed by atoms with van der Waals surface area (Å²) in [5.74, 6) is -1.19. The Morgan fingerprint density at radius 2 is 1.94 bits per heavy atom. The summed E-state index contributed by atoms with van der Waals surface area (Å²) < 4.78 is 53.5. The summed E-state index contributed by atoms with van der Waals surface area (Å²) in [6.45, 7) is 3.43. The minimum atomic E-state index is -3.99. The van der Waals surface area contributed by atoms with Crippen LogP contribution in [0.15, 0.2) is 41.3 Å². The van der Waals surface area contributed by atoms with Gasteiger partial charge in [0.05, 0.1) is 17.6 Å². The lowest BCUT2D eigenvalue weighted by Gasteiger charge is -2.50. The van der Waals surface area contributed by atoms with Crippen LogP contribution in [0, 0.1) is 18.7 Å². The molecule has 8 heteroatoms. The number of fused-ring (bicyclic) bond motifs is 3. The first kappa shape index (κ1) is 22.2. The van der Waals surface area contributed by atoms with Crippen LogP contribution in [0.4, 0.5) is 4.39 Å². The number of sulfone groups is 1. The van der Waals surface area contributed by atoms with E-state index >= 15 is 0 Å². The first-order valence-corrected chi connectivity index (χ1v) is 12.1. The number of carbonyl (C=O) groups excluding carboxylic acids is 1. The summed E-state index contributed by atoms with van der Waals surface area (Å²) in [5, 5.41) is 0.425. The third kappa shape index (κ3) is 3.56. The van der Waals surface area contributed by atoms with Gasteiger partial charge in [0.1, 0.15) is 10.5 Å². The third-order valence-electron chi connectivity index (χ3n) is 6.39. The van der Waals surface area contributed by atoms with Crippen molar-refractivity contribution in [1.82, 2.24) is 0 Å². The van der Waals surface area contributed by atoms with E-state index in [1.54, 1.807) is 13.0 Å². The third-order valence-corrected chi connectivity index (χ3v) is 9.20. The summed E-state index contributed by atoms with van der Waals surface area (Å²) in [6.07, 6.45) is 0.313. The maximum atomic E-state index is 14.8. The second kappa shape index (κ2) is 8.19. The number of ether oxygens (including phenoxy) is 2. The molecule has 0 saturated carbocycles. The zero-order valence-corrected chi connectivity index (χ0v) is 18.9. The summed E-state index contributed by atoms with van der Waals surface area (Å²) in [4.78, 5) is 11.7. The van der Waals surface area contributed by atoms with E-state index in [4.69, 9.17) is 21.1 Å². The van der Waals surface area contributed by atoms with Crippen molar-refractivity contribution in [1.29, 1.82) is 0 Å². The first-order valence-electron chi connectivity index (χ1n) is 10.2. The lowest BCUT2D eigenvalue weighted by Crippen LogP contribution is -2.57. The highest BCUT2D eigenvalue weighted by Crippen LogP contribution is 2.56. The van der Waals surface area contributed by atoms with Gasteiger partial charge in [0.2, 0.25) is 0 Å². The Labute approximate surface area is 186 Å². The van der Waals surface area contributed by atoms with Gasteiger partial charge in [0.15, 0.2) is 21.4 Å². The highest BCUT2D eigenvalue weighted by atomic mass is 35.5. The topological polar surface area (TPSA) is 69.7 Å². The fourth-order valence-corrected chi connectivity index (χ4v) is 7.47. The Hall–Kier alpha value is -1.96. The van der Waals surface area contributed by atoms with Crippen LogP contribution in [0.25, 0.3) is 0 Å². The quantitative estimate of drug-likeness (QED) is 0.642. The molecule has 0 aromatic heterocycles. The normalized spacial score (nSPS) is 25.3. The van der Waals surface area contributed by atoms with E-state index < -0.39 is 32.4 Å². The Kier molecular flexibility index (Phi) is 5.87. The van der Waals surface area contributed by atoms with Gasteiger partial charge in [0.25, 0.3) is 0 Å². The van der Waals surface area contributed by atoms with Crippen molar-refractivity contribution in [2.45, 2.75) is 48.9 Å². The molecule has 3 atom stereocenters. The van der Waals surface area contributed by atoms with Crippen LogP contribution in [-0.2, 0) is 24.1 Å². The standard InChI is InChI=1S/C23H24ClFO5S/c1-14-3-9-19(25)22-21(14)23(31(27,28)17-7-5-16(24)6-8-17)11-12-29-20(10-4-15(2)26)18(23)13-30-22/h3,5-9,18,20H,4,10-13H2,1-2H3/t18-,20-,23-/m0/s1. The van der Waals surface area contributed by atoms with E-state index in [9.17, 15) is 17.6 Å². The SMILES string of the molecule is CC(=O)CC[C@@H]1OCC[C@@]2(S(=O)(=O)c3ccc(Cl)cc3)c3c(C)ccc(F)c3OC[C@@H]12. The van der Waals surface area contributed by atoms with Crippen molar-refractivity contribution in [3.63, 3.8) is 0 Å². The number of hydrogen-bond donors (Lipinski definition) is 0. The van der Waals surface area contributed by atoms with Gasteiger partial charge in [-0.1, -0.05) is 17.7 Å². The summed E-state index contributed by atoms with van der Waals surface area (Å²) in [5.41, 5.74) is 1.00. The molecule has 0 radical (unpaired) electrons. The van der Waals surface area contributed by atoms with Crippen LogP contribution in [0.1, 0.15) is 37.3 Å². The number of halogens is 2. The zero-order valence-electron chi connectivity index (χ0n) is 17.4. The van der Waals surface area contributed by atoms with Crippen molar-refractivity contribution in [3.8, 4) is 5.75 Å². The minimum Gasteiger partial charge on any atom is -0.490 e. The molecule has 2 heterocycles. The molecule has 0 amide bonds. The maximum absolute atomic E-state index is 14.8. The molecule has 2 aromatic rings. The van der Waals surface area contributed by atoms with Gasteiger partial charge >= 0.3 is 0 Å². The van der Waals surface area contributed by atoms with Gasteiger partial charge in [-0.3, -0.25) is 0 Å². The Bertz CT molecular complexity index is 1120. The van der Waals surface area contributed by atoms with Crippen LogP contribution < -0.4 is 4.74 Å². The van der Waals surface area contributed by atoms with Crippen LogP contribution in [0.5, 0.6) is 5.75 Å². The predicted molar refractivity (Wildman–Crippen MR) is 115 cm³/mol. The van der Waals surface area contributed by atoms with Crippen molar-refractivity contribution in [2.75, 3.05) is 13.2 Å². The molecule has 1 fully saturated rings. The second-order valence-electron chi connectivity index (χ2n) is 8.23. The van der Waals surface area contributed by atoms with Gasteiger partial charge in [-0.2, -0.15) is 0 Å². The monoisotopic (exact) mass is 466 g/mol. The average Bonchev–Trinajstić information content (AvgIpc) is 2.74. The summed E-state index contributed by atoms with van der Waals surface area (Å²) in [7, 11) is -3.99. The van der Waals surface area contributed by atoms with Gasteiger partial charge in [-0.25, -0.2) is 12.8 Å². The van der Waals surface area contributed by atoms with E-state index in [0.29, 0.717) is 22.6 Å². The largest absolute Gasteiger partial charge is 0.490 e. The maximum Gasteiger partial charge on any atom is 0.188 e. The van der Waals surface area contributed by atoms with Crippen molar-refractivity contribution in [2.24, 2.45) is 5.92 Å². The molecule has 0 N–H and O–H groups in total. The molecular formula is C23H24ClFO5S. The van der Waals surface area contributed by atoms with Gasteiger partial charge in [-0.05, 0) is 62.6 Å². The summed E-state index contributed by atoms with van der Waals surface area (Å²) in [6, 6.07) is 8.90. The van der Waals surface area contributed by atoms with Crippen molar-refractivity contribution < 1.29 is 27.1 Å². The van der Waals surface area contributed by atoms with Gasteiger partial charge < -0.3 is 14.3 Å². The number of hydrogen-bond acceptors (Lipinski definition) is 5. The van der Waals surface area contributed by atoms with Gasteiger partial charge in [0, 0.05) is 29.5 Å². The fraction of sp³-hybridized carbons (Fsp3) is 0.435. The predicted octanol–water partition coefficient (Wildman–Crippen LogP) is 4.62. The molecule has 1 saturated heterocycles. The smallest absolute Gasteiger partial charge is 0.188 e. The summed E-state index contributed by atoms with van der Waals surface area (Å²) >= 11 is 5.99. The van der Waals surface area contributed by atoms with Crippen molar-refractivity contribution in [3.05, 3.63) is 58.4 Å². The average molecular weight is 467 g/mol. The molecule has 4 rings (SSSR count). The van der Waals surface area contributed by atoms with E-state index in [2.05, 4.69) is 0 Å². The van der Waals surface area contributed by atoms with Crippen LogP contribution >= 0.6 is 11.6 Å². The van der Waals surface area contributed by atoms with Crippen LogP contribution in [0.2, 0.25) is 5.02 Å². The molecule has 0 unspecified atom stereocenters. The Balaban J connectivity index is 1.96. The van der Waals surface area contributed by atoms with Crippen LogP contribution in [-0.4, -0.2) is 33.5 Å². The molecule has 2 aromatic carbocycles. The van der Waals surface area contributed by atoms with Crippen molar-refractivity contribution >= 4 is 27.2 Å². The molecule has 0 aliphatic carbocycles. The fourth-order valence-electron chi connectivity index (χ4n) is 4.93. The molecular weight excluding hydrogens is 443 g/mol. The number of ketones is 1. The molecule has 2 aliphatic heterocycles.